The molecule has 0 aromatic heterocycles. The summed E-state index contributed by atoms with van der Waals surface area (Å²) in [4.78, 5) is 0. The van der Waals surface area contributed by atoms with Gasteiger partial charge in [0.2, 0.25) is 0 Å². The van der Waals surface area contributed by atoms with Gasteiger partial charge in [-0.15, -0.1) is 12.4 Å². The van der Waals surface area contributed by atoms with Crippen LogP contribution < -0.4 is 5.32 Å². The minimum atomic E-state index is -4.24. The van der Waals surface area contributed by atoms with Gasteiger partial charge in [0.25, 0.3) is 0 Å². The molecule has 1 aliphatic rings. The maximum Gasteiger partial charge on any atom is 0.416 e. The summed E-state index contributed by atoms with van der Waals surface area (Å²) < 4.78 is 38.3. The molecule has 1 aromatic rings. The minimum Gasteiger partial charge on any atom is -0.316 e. The van der Waals surface area contributed by atoms with Crippen molar-refractivity contribution in [3.05, 3.63) is 35.4 Å². The molecule has 0 aliphatic carbocycles. The number of benzene rings is 1. The number of alkyl halides is 3. The highest BCUT2D eigenvalue weighted by atomic mass is 35.5. The van der Waals surface area contributed by atoms with Crippen molar-refractivity contribution in [1.82, 2.24) is 5.32 Å². The zero-order valence-electron chi connectivity index (χ0n) is 9.26. The number of hydrogen-bond donors (Lipinski definition) is 1. The molecule has 0 radical (unpaired) electrons. The number of rotatable bonds is 1. The monoisotopic (exact) mass is 265 g/mol. The highest BCUT2D eigenvalue weighted by Gasteiger charge is 2.34. The molecular weight excluding hydrogens is 251 g/mol. The van der Waals surface area contributed by atoms with E-state index in [-0.39, 0.29) is 18.3 Å². The first kappa shape index (κ1) is 14.3. The number of piperidine rings is 1. The van der Waals surface area contributed by atoms with Gasteiger partial charge in [-0.1, -0.05) is 18.2 Å². The van der Waals surface area contributed by atoms with Crippen LogP contribution in [0.1, 0.15) is 29.9 Å². The lowest BCUT2D eigenvalue weighted by molar-refractivity contribution is -0.138. The molecule has 1 saturated heterocycles. The lowest BCUT2D eigenvalue weighted by Crippen LogP contribution is -2.29. The second-order valence-corrected chi connectivity index (χ2v) is 4.13. The van der Waals surface area contributed by atoms with Crippen LogP contribution in [0.3, 0.4) is 0 Å². The fourth-order valence-electron chi connectivity index (χ4n) is 2.23. The van der Waals surface area contributed by atoms with Crippen LogP contribution in [0.25, 0.3) is 0 Å². The summed E-state index contributed by atoms with van der Waals surface area (Å²) >= 11 is 0. The topological polar surface area (TPSA) is 12.0 Å². The minimum absolute atomic E-state index is 0. The van der Waals surface area contributed by atoms with Crippen molar-refractivity contribution >= 4 is 12.4 Å². The van der Waals surface area contributed by atoms with E-state index < -0.39 is 11.7 Å². The summed E-state index contributed by atoms with van der Waals surface area (Å²) in [6.07, 6.45) is -2.47. The molecule has 2 rings (SSSR count). The Hall–Kier alpha value is -0.740. The van der Waals surface area contributed by atoms with Gasteiger partial charge in [-0.2, -0.15) is 13.2 Å². The molecule has 1 nitrogen and oxygen atoms in total. The van der Waals surface area contributed by atoms with Gasteiger partial charge in [0, 0.05) is 6.54 Å². The maximum absolute atomic E-state index is 12.8. The van der Waals surface area contributed by atoms with Gasteiger partial charge in [0.15, 0.2) is 0 Å². The van der Waals surface area contributed by atoms with Crippen LogP contribution in [0.5, 0.6) is 0 Å². The SMILES string of the molecule is Cl.FC(F)(F)c1ccccc1C1CCCNC1. The first-order valence-corrected chi connectivity index (χ1v) is 5.46. The van der Waals surface area contributed by atoms with Crippen LogP contribution in [0.4, 0.5) is 13.2 Å². The van der Waals surface area contributed by atoms with Crippen molar-refractivity contribution in [1.29, 1.82) is 0 Å². The van der Waals surface area contributed by atoms with Gasteiger partial charge in [-0.3, -0.25) is 0 Å². The largest absolute Gasteiger partial charge is 0.416 e. The van der Waals surface area contributed by atoms with Crippen LogP contribution in [-0.2, 0) is 6.18 Å². The molecule has 1 aromatic carbocycles. The molecule has 5 heteroatoms. The Morgan fingerprint density at radius 1 is 1.18 bits per heavy atom. The van der Waals surface area contributed by atoms with E-state index in [1.54, 1.807) is 12.1 Å². The Labute approximate surface area is 105 Å². The van der Waals surface area contributed by atoms with Crippen molar-refractivity contribution in [2.24, 2.45) is 0 Å². The molecule has 1 heterocycles. The fourth-order valence-corrected chi connectivity index (χ4v) is 2.23. The van der Waals surface area contributed by atoms with Gasteiger partial charge in [-0.25, -0.2) is 0 Å². The third-order valence-electron chi connectivity index (χ3n) is 3.00. The van der Waals surface area contributed by atoms with Crippen molar-refractivity contribution in [2.75, 3.05) is 13.1 Å². The second-order valence-electron chi connectivity index (χ2n) is 4.13. The fraction of sp³-hybridized carbons (Fsp3) is 0.500. The Bertz CT molecular complexity index is 359. The molecule has 0 amide bonds. The lowest BCUT2D eigenvalue weighted by Gasteiger charge is -2.25. The third kappa shape index (κ3) is 3.36. The molecule has 0 bridgehead atoms. The molecule has 17 heavy (non-hydrogen) atoms. The molecule has 1 unspecified atom stereocenters. The van der Waals surface area contributed by atoms with E-state index in [9.17, 15) is 13.2 Å². The normalized spacial score (nSPS) is 20.8. The zero-order chi connectivity index (χ0) is 11.6. The van der Waals surface area contributed by atoms with E-state index in [0.29, 0.717) is 12.1 Å². The Balaban J connectivity index is 0.00000144. The summed E-state index contributed by atoms with van der Waals surface area (Å²) in [5.74, 6) is -0.00780. The number of hydrogen-bond acceptors (Lipinski definition) is 1. The molecule has 0 saturated carbocycles. The first-order valence-electron chi connectivity index (χ1n) is 5.46. The average Bonchev–Trinajstić information content (AvgIpc) is 2.29. The summed E-state index contributed by atoms with van der Waals surface area (Å²) in [5, 5.41) is 3.14. The Morgan fingerprint density at radius 2 is 1.88 bits per heavy atom. The van der Waals surface area contributed by atoms with Gasteiger partial charge in [0.1, 0.15) is 0 Å². The maximum atomic E-state index is 12.8. The van der Waals surface area contributed by atoms with Gasteiger partial charge in [-0.05, 0) is 36.9 Å². The predicted molar refractivity (Wildman–Crippen MR) is 63.5 cm³/mol. The van der Waals surface area contributed by atoms with E-state index in [2.05, 4.69) is 5.32 Å². The molecule has 96 valence electrons. The second kappa shape index (κ2) is 5.74. The van der Waals surface area contributed by atoms with Crippen LogP contribution in [0.15, 0.2) is 24.3 Å². The summed E-state index contributed by atoms with van der Waals surface area (Å²) in [7, 11) is 0. The van der Waals surface area contributed by atoms with Crippen LogP contribution in [0.2, 0.25) is 0 Å². The first-order chi connectivity index (χ1) is 7.59. The quantitative estimate of drug-likeness (QED) is 0.818. The molecular formula is C12H15ClF3N. The van der Waals surface area contributed by atoms with E-state index >= 15 is 0 Å². The van der Waals surface area contributed by atoms with Crippen molar-refractivity contribution in [3.8, 4) is 0 Å². The number of nitrogens with one attached hydrogen (secondary N) is 1. The van der Waals surface area contributed by atoms with Crippen LogP contribution in [-0.4, -0.2) is 13.1 Å². The Kier molecular flexibility index (Phi) is 4.83. The van der Waals surface area contributed by atoms with Crippen molar-refractivity contribution < 1.29 is 13.2 Å². The molecule has 1 atom stereocenters. The van der Waals surface area contributed by atoms with Crippen LogP contribution in [0, 0.1) is 0 Å². The number of halogens is 4. The average molecular weight is 266 g/mol. The molecule has 1 fully saturated rings. The van der Waals surface area contributed by atoms with Crippen LogP contribution >= 0.6 is 12.4 Å². The smallest absolute Gasteiger partial charge is 0.316 e. The summed E-state index contributed by atoms with van der Waals surface area (Å²) in [5.41, 5.74) is -0.0501. The third-order valence-corrected chi connectivity index (χ3v) is 3.00. The van der Waals surface area contributed by atoms with Crippen molar-refractivity contribution in [2.45, 2.75) is 24.9 Å². The molecule has 0 spiro atoms. The van der Waals surface area contributed by atoms with Crippen molar-refractivity contribution in [3.63, 3.8) is 0 Å². The van der Waals surface area contributed by atoms with Gasteiger partial charge < -0.3 is 5.32 Å². The molecule has 1 N–H and O–H groups in total. The lowest BCUT2D eigenvalue weighted by atomic mass is 9.88. The highest BCUT2D eigenvalue weighted by Crippen LogP contribution is 2.36. The van der Waals surface area contributed by atoms with E-state index in [1.807, 2.05) is 0 Å². The highest BCUT2D eigenvalue weighted by molar-refractivity contribution is 5.85. The Morgan fingerprint density at radius 3 is 2.47 bits per heavy atom. The van der Waals surface area contributed by atoms with Gasteiger partial charge in [0.05, 0.1) is 5.56 Å². The van der Waals surface area contributed by atoms with E-state index in [1.165, 1.54) is 12.1 Å². The zero-order valence-corrected chi connectivity index (χ0v) is 10.1. The van der Waals surface area contributed by atoms with Gasteiger partial charge >= 0.3 is 6.18 Å². The van der Waals surface area contributed by atoms with E-state index in [4.69, 9.17) is 0 Å². The molecule has 1 aliphatic heterocycles. The summed E-state index contributed by atoms with van der Waals surface area (Å²) in [6.45, 7) is 1.55. The standard InChI is InChI=1S/C12H14F3N.ClH/c13-12(14,15)11-6-2-1-5-10(11)9-4-3-7-16-8-9;/h1-2,5-6,9,16H,3-4,7-8H2;1H. The summed E-state index contributed by atoms with van der Waals surface area (Å²) in [6, 6.07) is 5.90. The predicted octanol–water partition coefficient (Wildman–Crippen LogP) is 3.59. The van der Waals surface area contributed by atoms with E-state index in [0.717, 1.165) is 19.4 Å².